The largest absolute Gasteiger partial charge is 0.506 e. The number of hydrogen-bond donors (Lipinski definition) is 2. The summed E-state index contributed by atoms with van der Waals surface area (Å²) >= 11 is 0. The van der Waals surface area contributed by atoms with Gasteiger partial charge in [0.05, 0.1) is 22.5 Å². The molecule has 8 nitrogen and oxygen atoms in total. The Balaban J connectivity index is 1.57. The van der Waals surface area contributed by atoms with E-state index in [1.807, 2.05) is 6.92 Å². The van der Waals surface area contributed by atoms with Crippen LogP contribution in [0.15, 0.2) is 80.5 Å². The van der Waals surface area contributed by atoms with Gasteiger partial charge in [-0.1, -0.05) is 0 Å². The number of sulfonamides is 1. The quantitative estimate of drug-likeness (QED) is 0.420. The van der Waals surface area contributed by atoms with Crippen LogP contribution in [0, 0.1) is 13.8 Å². The van der Waals surface area contributed by atoms with Crippen LogP contribution in [-0.2, 0) is 10.0 Å². The molecule has 0 atom stereocenters. The van der Waals surface area contributed by atoms with E-state index in [0.717, 1.165) is 11.1 Å². The monoisotopic (exact) mass is 422 g/mol. The molecule has 152 valence electrons. The number of aromatic nitrogens is 1. The van der Waals surface area contributed by atoms with Gasteiger partial charge in [-0.25, -0.2) is 13.1 Å². The molecule has 0 spiro atoms. The maximum absolute atomic E-state index is 12.6. The van der Waals surface area contributed by atoms with Gasteiger partial charge in [0.2, 0.25) is 5.88 Å². The number of nitrogens with zero attached hydrogens (tertiary/aromatic N) is 3. The van der Waals surface area contributed by atoms with Crippen LogP contribution in [0.1, 0.15) is 11.1 Å². The smallest absolute Gasteiger partial charge is 0.264 e. The van der Waals surface area contributed by atoms with Crippen molar-refractivity contribution in [3.8, 4) is 5.75 Å². The molecule has 4 rings (SSSR count). The van der Waals surface area contributed by atoms with Crippen molar-refractivity contribution in [3.63, 3.8) is 0 Å². The third kappa shape index (κ3) is 3.74. The fourth-order valence-electron chi connectivity index (χ4n) is 2.82. The van der Waals surface area contributed by atoms with E-state index in [4.69, 9.17) is 4.42 Å². The van der Waals surface area contributed by atoms with E-state index in [1.165, 1.54) is 24.5 Å². The highest BCUT2D eigenvalue weighted by Crippen LogP contribution is 2.32. The minimum Gasteiger partial charge on any atom is -0.506 e. The number of rotatable bonds is 5. The van der Waals surface area contributed by atoms with Crippen LogP contribution in [0.25, 0.3) is 10.9 Å². The summed E-state index contributed by atoms with van der Waals surface area (Å²) in [5.74, 6) is 0.262. The molecule has 2 aromatic heterocycles. The number of fused-ring (bicyclic) bond motifs is 1. The van der Waals surface area contributed by atoms with Gasteiger partial charge in [-0.05, 0) is 67.9 Å². The van der Waals surface area contributed by atoms with Crippen LogP contribution in [0.2, 0.25) is 0 Å². The lowest BCUT2D eigenvalue weighted by molar-refractivity contribution is 0.480. The summed E-state index contributed by atoms with van der Waals surface area (Å²) in [6, 6.07) is 12.7. The normalized spacial score (nSPS) is 11.9. The third-order valence-electron chi connectivity index (χ3n) is 4.66. The van der Waals surface area contributed by atoms with E-state index < -0.39 is 10.0 Å². The van der Waals surface area contributed by atoms with Gasteiger partial charge >= 0.3 is 0 Å². The zero-order valence-electron chi connectivity index (χ0n) is 16.2. The molecule has 0 unspecified atom stereocenters. The topological polar surface area (TPSA) is 117 Å². The molecule has 0 aliphatic carbocycles. The van der Waals surface area contributed by atoms with Gasteiger partial charge in [0, 0.05) is 17.1 Å². The van der Waals surface area contributed by atoms with E-state index in [1.54, 1.807) is 43.5 Å². The van der Waals surface area contributed by atoms with E-state index in [2.05, 4.69) is 19.9 Å². The first-order chi connectivity index (χ1) is 14.3. The molecule has 0 aliphatic rings. The standard InChI is InChI=1S/C21H18N4O4S/c1-13-12-29-21(14(13)2)25-30(27,28)16-7-5-15(6-8-16)23-24-18-9-10-19(26)20-17(18)4-3-11-22-20/h3-12,25-26H,1-2H3. The molecule has 9 heteroatoms. The number of phenols is 1. The van der Waals surface area contributed by atoms with Crippen molar-refractivity contribution in [2.75, 3.05) is 4.72 Å². The number of anilines is 1. The Bertz CT molecular complexity index is 1360. The molecule has 0 aliphatic heterocycles. The first-order valence-electron chi connectivity index (χ1n) is 9.01. The molecule has 0 bridgehead atoms. The zero-order chi connectivity index (χ0) is 21.3. The van der Waals surface area contributed by atoms with Gasteiger partial charge in [-0.15, -0.1) is 5.11 Å². The lowest BCUT2D eigenvalue weighted by atomic mass is 10.2. The molecule has 2 heterocycles. The summed E-state index contributed by atoms with van der Waals surface area (Å²) in [6.07, 6.45) is 3.08. The fourth-order valence-corrected chi connectivity index (χ4v) is 3.88. The molecule has 0 saturated heterocycles. The summed E-state index contributed by atoms with van der Waals surface area (Å²) in [6.45, 7) is 3.62. The van der Waals surface area contributed by atoms with E-state index in [0.29, 0.717) is 22.3 Å². The molecular weight excluding hydrogens is 404 g/mol. The Morgan fingerprint density at radius 2 is 1.80 bits per heavy atom. The second-order valence-corrected chi connectivity index (χ2v) is 8.36. The maximum Gasteiger partial charge on any atom is 0.264 e. The van der Waals surface area contributed by atoms with Crippen LogP contribution < -0.4 is 4.72 Å². The number of pyridine rings is 1. The average molecular weight is 422 g/mol. The number of aryl methyl sites for hydroxylation is 1. The molecule has 30 heavy (non-hydrogen) atoms. The molecule has 0 amide bonds. The summed E-state index contributed by atoms with van der Waals surface area (Å²) in [7, 11) is -3.79. The van der Waals surface area contributed by atoms with E-state index in [9.17, 15) is 13.5 Å². The molecule has 2 N–H and O–H groups in total. The number of nitrogens with one attached hydrogen (secondary N) is 1. The Morgan fingerprint density at radius 3 is 2.50 bits per heavy atom. The Kier molecular flexibility index (Phi) is 4.96. The van der Waals surface area contributed by atoms with Crippen molar-refractivity contribution < 1.29 is 17.9 Å². The number of azo groups is 1. The predicted octanol–water partition coefficient (Wildman–Crippen LogP) is 5.37. The maximum atomic E-state index is 12.6. The van der Waals surface area contributed by atoms with Crippen molar-refractivity contribution >= 4 is 38.2 Å². The second kappa shape index (κ2) is 7.60. The van der Waals surface area contributed by atoms with Crippen molar-refractivity contribution in [2.24, 2.45) is 10.2 Å². The van der Waals surface area contributed by atoms with Crippen LogP contribution in [0.5, 0.6) is 5.75 Å². The minimum absolute atomic E-state index is 0.0635. The Labute approximate surface area is 173 Å². The highest BCUT2D eigenvalue weighted by Gasteiger charge is 2.18. The van der Waals surface area contributed by atoms with Gasteiger partial charge in [0.25, 0.3) is 10.0 Å². The summed E-state index contributed by atoms with van der Waals surface area (Å²) in [5.41, 5.74) is 3.05. The lowest BCUT2D eigenvalue weighted by Gasteiger charge is -2.06. The molecule has 0 saturated carbocycles. The van der Waals surface area contributed by atoms with Crippen LogP contribution in [0.4, 0.5) is 17.3 Å². The Morgan fingerprint density at radius 1 is 1.03 bits per heavy atom. The van der Waals surface area contributed by atoms with Gasteiger partial charge in [-0.2, -0.15) is 5.11 Å². The van der Waals surface area contributed by atoms with Gasteiger partial charge < -0.3 is 9.52 Å². The lowest BCUT2D eigenvalue weighted by Crippen LogP contribution is -2.12. The van der Waals surface area contributed by atoms with Crippen molar-refractivity contribution in [2.45, 2.75) is 18.7 Å². The van der Waals surface area contributed by atoms with E-state index >= 15 is 0 Å². The molecular formula is C21H18N4O4S. The first kappa shape index (κ1) is 19.6. The number of phenolic OH excluding ortho intramolecular Hbond substituents is 1. The fraction of sp³-hybridized carbons (Fsp3) is 0.0952. The third-order valence-corrected chi connectivity index (χ3v) is 6.01. The SMILES string of the molecule is Cc1coc(NS(=O)(=O)c2ccc(N=Nc3ccc(O)c4ncccc34)cc2)c1C. The molecule has 4 aromatic rings. The molecule has 0 radical (unpaired) electrons. The second-order valence-electron chi connectivity index (χ2n) is 6.68. The van der Waals surface area contributed by atoms with Gasteiger partial charge in [-0.3, -0.25) is 4.98 Å². The van der Waals surface area contributed by atoms with Crippen LogP contribution in [-0.4, -0.2) is 18.5 Å². The van der Waals surface area contributed by atoms with Crippen molar-refractivity contribution in [1.82, 2.24) is 4.98 Å². The molecule has 0 fully saturated rings. The summed E-state index contributed by atoms with van der Waals surface area (Å²) in [5, 5.41) is 18.9. The van der Waals surface area contributed by atoms with Crippen LogP contribution in [0.3, 0.4) is 0 Å². The predicted molar refractivity (Wildman–Crippen MR) is 113 cm³/mol. The van der Waals surface area contributed by atoms with Crippen LogP contribution >= 0.6 is 0 Å². The Hall–Kier alpha value is -3.72. The zero-order valence-corrected chi connectivity index (χ0v) is 17.0. The summed E-state index contributed by atoms with van der Waals surface area (Å²) < 4.78 is 32.9. The van der Waals surface area contributed by atoms with Crippen molar-refractivity contribution in [3.05, 3.63) is 72.1 Å². The number of hydrogen-bond acceptors (Lipinski definition) is 7. The van der Waals surface area contributed by atoms with Gasteiger partial charge in [0.15, 0.2) is 0 Å². The number of furan rings is 1. The number of benzene rings is 2. The number of aromatic hydroxyl groups is 1. The highest BCUT2D eigenvalue weighted by atomic mass is 32.2. The highest BCUT2D eigenvalue weighted by molar-refractivity contribution is 7.92. The first-order valence-corrected chi connectivity index (χ1v) is 10.5. The van der Waals surface area contributed by atoms with Crippen molar-refractivity contribution in [1.29, 1.82) is 0 Å². The molecule has 2 aromatic carbocycles. The van der Waals surface area contributed by atoms with Gasteiger partial charge in [0.1, 0.15) is 11.3 Å². The minimum atomic E-state index is -3.79. The van der Waals surface area contributed by atoms with E-state index in [-0.39, 0.29) is 16.5 Å². The summed E-state index contributed by atoms with van der Waals surface area (Å²) in [4.78, 5) is 4.22. The average Bonchev–Trinajstić information content (AvgIpc) is 3.05.